The zero-order chi connectivity index (χ0) is 26.3. The molecule has 0 unspecified atom stereocenters. The molecule has 12 heteroatoms. The third kappa shape index (κ3) is 4.79. The zero-order valence-electron chi connectivity index (χ0n) is 18.2. The van der Waals surface area contributed by atoms with Crippen LogP contribution in [0.15, 0.2) is 66.4 Å². The van der Waals surface area contributed by atoms with E-state index in [9.17, 15) is 19.2 Å². The Balaban J connectivity index is 1.81. The van der Waals surface area contributed by atoms with Gasteiger partial charge in [-0.3, -0.25) is 19.2 Å². The number of methoxy groups -OCH3 is 1. The largest absolute Gasteiger partial charge is 0.497 e. The molecule has 0 radical (unpaired) electrons. The van der Waals surface area contributed by atoms with Crippen molar-refractivity contribution in [2.24, 2.45) is 0 Å². The molecule has 36 heavy (non-hydrogen) atoms. The number of rotatable bonds is 6. The lowest BCUT2D eigenvalue weighted by Crippen LogP contribution is -2.51. The highest BCUT2D eigenvalue weighted by molar-refractivity contribution is 9.15. The SMILES string of the molecule is COc1cccc(C(=O)CN(C(=O)c2ccc(Cl)cc2)N2C(=O)c3c(Br)c(Br)c(Br)c(Br)c3C2=O)c1. The monoisotopic (exact) mass is 760 g/mol. The Kier molecular flexibility index (Phi) is 8.06. The highest BCUT2D eigenvalue weighted by Crippen LogP contribution is 2.45. The van der Waals surface area contributed by atoms with Crippen LogP contribution in [0, 0.1) is 0 Å². The highest BCUT2D eigenvalue weighted by Gasteiger charge is 2.46. The third-order valence-corrected chi connectivity index (χ3v) is 10.4. The number of hydrazine groups is 1. The molecule has 0 spiro atoms. The molecule has 3 aromatic rings. The maximum absolute atomic E-state index is 13.6. The van der Waals surface area contributed by atoms with E-state index in [1.165, 1.54) is 37.4 Å². The molecule has 1 aliphatic heterocycles. The van der Waals surface area contributed by atoms with Gasteiger partial charge in [-0.25, -0.2) is 5.01 Å². The van der Waals surface area contributed by atoms with Crippen LogP contribution in [-0.2, 0) is 0 Å². The summed E-state index contributed by atoms with van der Waals surface area (Å²) in [4.78, 5) is 54.0. The number of ether oxygens (including phenoxy) is 1. The molecule has 184 valence electrons. The fourth-order valence-electron chi connectivity index (χ4n) is 3.56. The number of nitrogens with zero attached hydrogens (tertiary/aromatic N) is 2. The first-order valence-corrected chi connectivity index (χ1v) is 13.6. The summed E-state index contributed by atoms with van der Waals surface area (Å²) in [5.41, 5.74) is 0.469. The Bertz CT molecular complexity index is 1400. The average molecular weight is 764 g/mol. The van der Waals surface area contributed by atoms with Crippen LogP contribution in [0.4, 0.5) is 0 Å². The summed E-state index contributed by atoms with van der Waals surface area (Å²) in [6.45, 7) is -0.586. The van der Waals surface area contributed by atoms with Crippen molar-refractivity contribution in [3.63, 3.8) is 0 Å². The molecule has 0 bridgehead atoms. The van der Waals surface area contributed by atoms with Crippen molar-refractivity contribution in [3.8, 4) is 5.75 Å². The van der Waals surface area contributed by atoms with E-state index in [0.29, 0.717) is 33.7 Å². The first-order valence-electron chi connectivity index (χ1n) is 10.1. The van der Waals surface area contributed by atoms with Crippen molar-refractivity contribution in [3.05, 3.63) is 93.7 Å². The van der Waals surface area contributed by atoms with Crippen molar-refractivity contribution in [2.45, 2.75) is 0 Å². The van der Waals surface area contributed by atoms with Gasteiger partial charge in [0.15, 0.2) is 5.78 Å². The van der Waals surface area contributed by atoms with Crippen LogP contribution >= 0.6 is 75.3 Å². The van der Waals surface area contributed by atoms with Crippen LogP contribution < -0.4 is 4.74 Å². The molecule has 7 nitrogen and oxygen atoms in total. The fourth-order valence-corrected chi connectivity index (χ4v) is 6.14. The third-order valence-electron chi connectivity index (χ3n) is 5.33. The molecule has 0 N–H and O–H groups in total. The van der Waals surface area contributed by atoms with Crippen molar-refractivity contribution >= 4 is 98.8 Å². The van der Waals surface area contributed by atoms with Gasteiger partial charge in [-0.2, -0.15) is 5.01 Å². The van der Waals surface area contributed by atoms with E-state index in [4.69, 9.17) is 16.3 Å². The number of imide groups is 1. The molecule has 0 saturated heterocycles. The van der Waals surface area contributed by atoms with Crippen LogP contribution in [-0.4, -0.2) is 47.2 Å². The van der Waals surface area contributed by atoms with Crippen LogP contribution in [0.3, 0.4) is 0 Å². The van der Waals surface area contributed by atoms with Gasteiger partial charge in [0.05, 0.1) is 18.2 Å². The number of benzene rings is 3. The van der Waals surface area contributed by atoms with Crippen molar-refractivity contribution in [1.29, 1.82) is 0 Å². The first kappa shape index (κ1) is 27.0. The van der Waals surface area contributed by atoms with Gasteiger partial charge in [0, 0.05) is 34.0 Å². The summed E-state index contributed by atoms with van der Waals surface area (Å²) in [6, 6.07) is 12.3. The second kappa shape index (κ2) is 10.7. The summed E-state index contributed by atoms with van der Waals surface area (Å²) in [5.74, 6) is -2.33. The molecule has 4 rings (SSSR count). The van der Waals surface area contributed by atoms with E-state index in [2.05, 4.69) is 63.7 Å². The minimum absolute atomic E-state index is 0.0460. The van der Waals surface area contributed by atoms with E-state index < -0.39 is 30.0 Å². The average Bonchev–Trinajstić information content (AvgIpc) is 3.14. The number of hydrogen-bond acceptors (Lipinski definition) is 5. The quantitative estimate of drug-likeness (QED) is 0.118. The van der Waals surface area contributed by atoms with Gasteiger partial charge in [0.1, 0.15) is 12.3 Å². The normalized spacial score (nSPS) is 12.6. The lowest BCUT2D eigenvalue weighted by molar-refractivity contribution is 0.00526. The fraction of sp³-hybridized carbons (Fsp3) is 0.0833. The van der Waals surface area contributed by atoms with E-state index in [1.807, 2.05) is 0 Å². The van der Waals surface area contributed by atoms with E-state index in [0.717, 1.165) is 5.01 Å². The van der Waals surface area contributed by atoms with Crippen molar-refractivity contribution in [1.82, 2.24) is 10.0 Å². The highest BCUT2D eigenvalue weighted by atomic mass is 79.9. The van der Waals surface area contributed by atoms with Crippen molar-refractivity contribution in [2.75, 3.05) is 13.7 Å². The number of halogens is 5. The second-order valence-corrected chi connectivity index (χ2v) is 11.1. The van der Waals surface area contributed by atoms with Crippen LogP contribution in [0.25, 0.3) is 0 Å². The molecule has 1 aliphatic rings. The van der Waals surface area contributed by atoms with E-state index in [-0.39, 0.29) is 22.3 Å². The molecule has 1 heterocycles. The molecule has 3 aromatic carbocycles. The van der Waals surface area contributed by atoms with Gasteiger partial charge < -0.3 is 4.74 Å². The maximum Gasteiger partial charge on any atom is 0.282 e. The molecule has 0 atom stereocenters. The predicted molar refractivity (Wildman–Crippen MR) is 148 cm³/mol. The van der Waals surface area contributed by atoms with E-state index in [1.54, 1.807) is 18.2 Å². The number of fused-ring (bicyclic) bond motifs is 1. The molecule has 0 saturated carbocycles. The summed E-state index contributed by atoms with van der Waals surface area (Å²) < 4.78 is 6.83. The van der Waals surface area contributed by atoms with Crippen LogP contribution in [0.1, 0.15) is 41.4 Å². The van der Waals surface area contributed by atoms with Crippen molar-refractivity contribution < 1.29 is 23.9 Å². The molecule has 0 aliphatic carbocycles. The minimum Gasteiger partial charge on any atom is -0.497 e. The first-order chi connectivity index (χ1) is 17.1. The lowest BCUT2D eigenvalue weighted by atomic mass is 10.1. The number of carbonyl (C=O) groups is 4. The number of hydrogen-bond donors (Lipinski definition) is 0. The number of amides is 3. The van der Waals surface area contributed by atoms with Gasteiger partial charge in [0.25, 0.3) is 17.7 Å². The van der Waals surface area contributed by atoms with Crippen LogP contribution in [0.2, 0.25) is 5.02 Å². The minimum atomic E-state index is -0.767. The predicted octanol–water partition coefficient (Wildman–Crippen LogP) is 6.93. The van der Waals surface area contributed by atoms with Gasteiger partial charge in [-0.15, -0.1) is 0 Å². The number of carbonyl (C=O) groups excluding carboxylic acids is 4. The maximum atomic E-state index is 13.6. The lowest BCUT2D eigenvalue weighted by Gasteiger charge is -2.29. The number of Topliss-reactive ketones (excluding diaryl/α,β-unsaturated/α-hetero) is 1. The molecule has 0 fully saturated rings. The smallest absolute Gasteiger partial charge is 0.282 e. The van der Waals surface area contributed by atoms with Gasteiger partial charge >= 0.3 is 0 Å². The zero-order valence-corrected chi connectivity index (χ0v) is 25.3. The second-order valence-electron chi connectivity index (χ2n) is 7.45. The topological polar surface area (TPSA) is 84.0 Å². The van der Waals surface area contributed by atoms with E-state index >= 15 is 0 Å². The van der Waals surface area contributed by atoms with Gasteiger partial charge in [-0.1, -0.05) is 23.7 Å². The number of ketones is 1. The summed E-state index contributed by atoms with van der Waals surface area (Å²) in [6.07, 6.45) is 0. The Morgan fingerprint density at radius 1 is 0.861 bits per heavy atom. The van der Waals surface area contributed by atoms with Gasteiger partial charge in [0.2, 0.25) is 0 Å². The van der Waals surface area contributed by atoms with Gasteiger partial charge in [-0.05, 0) is 100 Å². The molecule has 0 aromatic heterocycles. The Labute approximate surface area is 244 Å². The Morgan fingerprint density at radius 3 is 1.94 bits per heavy atom. The summed E-state index contributed by atoms with van der Waals surface area (Å²) >= 11 is 19.4. The Hall–Kier alpha value is -2.05. The molecular formula is C24H13Br4ClN2O5. The summed E-state index contributed by atoms with van der Waals surface area (Å²) in [5, 5.41) is 1.93. The molecule has 3 amide bonds. The Morgan fingerprint density at radius 2 is 1.42 bits per heavy atom. The standard InChI is InChI=1S/C24H13Br4ClN2O5/c1-36-14-4-2-3-12(9-14)15(32)10-30(22(33)11-5-7-13(29)8-6-11)31-23(34)16-17(24(31)35)19(26)21(28)20(27)18(16)25/h2-9H,10H2,1H3. The van der Waals surface area contributed by atoms with Crippen LogP contribution in [0.5, 0.6) is 5.75 Å². The molecular weight excluding hydrogens is 751 g/mol. The summed E-state index contributed by atoms with van der Waals surface area (Å²) in [7, 11) is 1.46.